The van der Waals surface area contributed by atoms with Crippen molar-refractivity contribution < 1.29 is 14.0 Å². The topological polar surface area (TPSA) is 62.6 Å². The molecule has 5 nitrogen and oxygen atoms in total. The molecule has 0 aliphatic heterocycles. The number of hydrogen-bond acceptors (Lipinski definition) is 3. The fourth-order valence-electron chi connectivity index (χ4n) is 2.17. The van der Waals surface area contributed by atoms with Gasteiger partial charge in [-0.25, -0.2) is 0 Å². The Morgan fingerprint density at radius 2 is 2.21 bits per heavy atom. The lowest BCUT2D eigenvalue weighted by molar-refractivity contribution is -0.133. The van der Waals surface area contributed by atoms with E-state index in [-0.39, 0.29) is 23.6 Å². The van der Waals surface area contributed by atoms with Crippen LogP contribution in [0.3, 0.4) is 0 Å². The molecule has 0 aromatic carbocycles. The molecule has 2 amide bonds. The lowest BCUT2D eigenvalue weighted by Crippen LogP contribution is -2.40. The summed E-state index contributed by atoms with van der Waals surface area (Å²) in [6.45, 7) is 4.39. The first-order chi connectivity index (χ1) is 9.09. The molecule has 1 aromatic heterocycles. The highest BCUT2D eigenvalue weighted by atomic mass is 16.3. The number of rotatable bonds is 6. The van der Waals surface area contributed by atoms with Crippen LogP contribution in [0.1, 0.15) is 43.7 Å². The summed E-state index contributed by atoms with van der Waals surface area (Å²) < 4.78 is 4.98. The summed E-state index contributed by atoms with van der Waals surface area (Å²) in [4.78, 5) is 25.6. The van der Waals surface area contributed by atoms with Gasteiger partial charge in [0.25, 0.3) is 5.91 Å². The zero-order chi connectivity index (χ0) is 13.8. The third-order valence-electron chi connectivity index (χ3n) is 3.15. The minimum absolute atomic E-state index is 0.109. The lowest BCUT2D eigenvalue weighted by atomic mass is 10.2. The van der Waals surface area contributed by atoms with E-state index < -0.39 is 0 Å². The van der Waals surface area contributed by atoms with Crippen molar-refractivity contribution in [1.29, 1.82) is 0 Å². The first-order valence-electron chi connectivity index (χ1n) is 6.72. The van der Waals surface area contributed by atoms with Crippen LogP contribution >= 0.6 is 0 Å². The molecule has 0 spiro atoms. The average Bonchev–Trinajstić information content (AvgIpc) is 3.02. The van der Waals surface area contributed by atoms with Gasteiger partial charge in [-0.2, -0.15) is 0 Å². The second-order valence-corrected chi connectivity index (χ2v) is 5.11. The molecule has 104 valence electrons. The molecule has 1 fully saturated rings. The van der Waals surface area contributed by atoms with Gasteiger partial charge in [-0.05, 0) is 38.8 Å². The van der Waals surface area contributed by atoms with Crippen LogP contribution in [-0.4, -0.2) is 35.3 Å². The number of carbonyl (C=O) groups is 2. The summed E-state index contributed by atoms with van der Waals surface area (Å²) in [6.07, 6.45) is 3.99. The Morgan fingerprint density at radius 3 is 2.74 bits per heavy atom. The highest BCUT2D eigenvalue weighted by molar-refractivity contribution is 5.91. The molecule has 1 aliphatic rings. The van der Waals surface area contributed by atoms with Crippen molar-refractivity contribution >= 4 is 11.8 Å². The van der Waals surface area contributed by atoms with Crippen molar-refractivity contribution in [3.8, 4) is 0 Å². The number of amides is 2. The molecular weight excluding hydrogens is 244 g/mol. The normalized spacial score (nSPS) is 14.5. The smallest absolute Gasteiger partial charge is 0.286 e. The molecule has 19 heavy (non-hydrogen) atoms. The van der Waals surface area contributed by atoms with E-state index in [1.807, 2.05) is 18.7 Å². The predicted molar refractivity (Wildman–Crippen MR) is 70.7 cm³/mol. The number of nitrogens with zero attached hydrogens (tertiary/aromatic N) is 1. The molecular formula is C14H20N2O3. The molecule has 0 atom stereocenters. The maximum atomic E-state index is 12.1. The molecule has 1 aliphatic carbocycles. The van der Waals surface area contributed by atoms with Crippen molar-refractivity contribution in [1.82, 2.24) is 10.2 Å². The Morgan fingerprint density at radius 1 is 1.47 bits per heavy atom. The average molecular weight is 264 g/mol. The van der Waals surface area contributed by atoms with Crippen LogP contribution in [0.15, 0.2) is 22.8 Å². The fourth-order valence-corrected chi connectivity index (χ4v) is 2.17. The third-order valence-corrected chi connectivity index (χ3v) is 3.15. The second kappa shape index (κ2) is 5.91. The zero-order valence-corrected chi connectivity index (χ0v) is 11.4. The van der Waals surface area contributed by atoms with Crippen LogP contribution in [0.25, 0.3) is 0 Å². The summed E-state index contributed by atoms with van der Waals surface area (Å²) in [5.74, 6) is 0.105. The molecule has 1 saturated carbocycles. The first kappa shape index (κ1) is 13.6. The van der Waals surface area contributed by atoms with Crippen molar-refractivity contribution in [3.05, 3.63) is 24.2 Å². The number of carbonyl (C=O) groups excluding carboxylic acids is 2. The first-order valence-corrected chi connectivity index (χ1v) is 6.72. The van der Waals surface area contributed by atoms with Gasteiger partial charge in [0, 0.05) is 25.0 Å². The lowest BCUT2D eigenvalue weighted by Gasteiger charge is -2.26. The summed E-state index contributed by atoms with van der Waals surface area (Å²) in [5.41, 5.74) is 0. The Hall–Kier alpha value is -1.78. The van der Waals surface area contributed by atoms with Gasteiger partial charge in [-0.1, -0.05) is 0 Å². The summed E-state index contributed by atoms with van der Waals surface area (Å²) in [5, 5.41) is 2.69. The van der Waals surface area contributed by atoms with Gasteiger partial charge < -0.3 is 14.6 Å². The zero-order valence-electron chi connectivity index (χ0n) is 11.4. The Bertz CT molecular complexity index is 434. The Labute approximate surface area is 113 Å². The van der Waals surface area contributed by atoms with Gasteiger partial charge >= 0.3 is 0 Å². The number of furan rings is 1. The molecule has 0 saturated heterocycles. The molecule has 5 heteroatoms. The van der Waals surface area contributed by atoms with Gasteiger partial charge in [0.1, 0.15) is 0 Å². The van der Waals surface area contributed by atoms with E-state index in [2.05, 4.69) is 5.32 Å². The minimum atomic E-state index is -0.277. The SMILES string of the molecule is CC(C)N(C(=O)CCNC(=O)c1ccco1)C1CC1. The molecule has 1 N–H and O–H groups in total. The van der Waals surface area contributed by atoms with Gasteiger partial charge in [0.15, 0.2) is 5.76 Å². The van der Waals surface area contributed by atoms with Crippen LogP contribution in [0.5, 0.6) is 0 Å². The molecule has 1 aromatic rings. The fraction of sp³-hybridized carbons (Fsp3) is 0.571. The minimum Gasteiger partial charge on any atom is -0.459 e. The van der Waals surface area contributed by atoms with Crippen LogP contribution in [-0.2, 0) is 4.79 Å². The van der Waals surface area contributed by atoms with Crippen LogP contribution in [0.4, 0.5) is 0 Å². The highest BCUT2D eigenvalue weighted by Gasteiger charge is 2.33. The van der Waals surface area contributed by atoms with Crippen LogP contribution in [0.2, 0.25) is 0 Å². The van der Waals surface area contributed by atoms with Gasteiger partial charge in [0.05, 0.1) is 6.26 Å². The van der Waals surface area contributed by atoms with E-state index in [0.29, 0.717) is 19.0 Å². The molecule has 2 rings (SSSR count). The van der Waals surface area contributed by atoms with E-state index in [0.717, 1.165) is 12.8 Å². The molecule has 1 heterocycles. The maximum Gasteiger partial charge on any atom is 0.286 e. The number of hydrogen-bond donors (Lipinski definition) is 1. The van der Waals surface area contributed by atoms with Gasteiger partial charge in [-0.15, -0.1) is 0 Å². The predicted octanol–water partition coefficient (Wildman–Crippen LogP) is 1.80. The van der Waals surface area contributed by atoms with Gasteiger partial charge in [0.2, 0.25) is 5.91 Å². The number of nitrogens with one attached hydrogen (secondary N) is 1. The summed E-state index contributed by atoms with van der Waals surface area (Å²) in [6, 6.07) is 3.89. The molecule has 0 bridgehead atoms. The summed E-state index contributed by atoms with van der Waals surface area (Å²) in [7, 11) is 0. The van der Waals surface area contributed by atoms with Gasteiger partial charge in [-0.3, -0.25) is 9.59 Å². The highest BCUT2D eigenvalue weighted by Crippen LogP contribution is 2.29. The maximum absolute atomic E-state index is 12.1. The van der Waals surface area contributed by atoms with E-state index in [4.69, 9.17) is 4.42 Å². The van der Waals surface area contributed by atoms with Crippen molar-refractivity contribution in [2.45, 2.75) is 45.2 Å². The summed E-state index contributed by atoms with van der Waals surface area (Å²) >= 11 is 0. The standard InChI is InChI=1S/C14H20N2O3/c1-10(2)16(11-5-6-11)13(17)7-8-15-14(18)12-4-3-9-19-12/h3-4,9-11H,5-8H2,1-2H3,(H,15,18). The molecule has 0 radical (unpaired) electrons. The van der Waals surface area contributed by atoms with Crippen LogP contribution < -0.4 is 5.32 Å². The third kappa shape index (κ3) is 3.59. The van der Waals surface area contributed by atoms with E-state index >= 15 is 0 Å². The van der Waals surface area contributed by atoms with E-state index in [1.165, 1.54) is 6.26 Å². The monoisotopic (exact) mass is 264 g/mol. The van der Waals surface area contributed by atoms with Crippen molar-refractivity contribution in [3.63, 3.8) is 0 Å². The largest absolute Gasteiger partial charge is 0.459 e. The van der Waals surface area contributed by atoms with E-state index in [1.54, 1.807) is 12.1 Å². The second-order valence-electron chi connectivity index (χ2n) is 5.11. The van der Waals surface area contributed by atoms with Crippen molar-refractivity contribution in [2.75, 3.05) is 6.54 Å². The Kier molecular flexibility index (Phi) is 4.24. The van der Waals surface area contributed by atoms with Crippen molar-refractivity contribution in [2.24, 2.45) is 0 Å². The molecule has 0 unspecified atom stereocenters. The van der Waals surface area contributed by atoms with E-state index in [9.17, 15) is 9.59 Å². The van der Waals surface area contributed by atoms with Crippen LogP contribution in [0, 0.1) is 0 Å². The Balaban J connectivity index is 1.75. The quantitative estimate of drug-likeness (QED) is 0.852.